The van der Waals surface area contributed by atoms with Crippen LogP contribution in [0.25, 0.3) is 10.8 Å². The fraction of sp³-hybridized carbons (Fsp3) is 0.0556. The van der Waals surface area contributed by atoms with Crippen LogP contribution < -0.4 is 0 Å². The van der Waals surface area contributed by atoms with E-state index in [1.807, 2.05) is 24.3 Å². The molecule has 3 rings (SSSR count). The minimum Gasteiger partial charge on any atom is -0.478 e. The Morgan fingerprint density at radius 1 is 0.900 bits per heavy atom. The molecule has 2 heteroatoms. The standard InChI is InChI=1S/C18H14O2/c19-18(20)16-9-3-5-13(12-16)11-15-8-4-7-14-6-1-2-10-17(14)15/h1-10,12H,11H2,(H,19,20). The molecule has 0 aliphatic carbocycles. The van der Waals surface area contributed by atoms with Gasteiger partial charge in [0.05, 0.1) is 5.56 Å². The van der Waals surface area contributed by atoms with Crippen molar-refractivity contribution in [2.75, 3.05) is 0 Å². The van der Waals surface area contributed by atoms with Crippen LogP contribution in [0.4, 0.5) is 0 Å². The van der Waals surface area contributed by atoms with Crippen molar-refractivity contribution in [3.8, 4) is 0 Å². The molecule has 98 valence electrons. The minimum absolute atomic E-state index is 0.336. The molecule has 0 spiro atoms. The molecule has 0 unspecified atom stereocenters. The number of fused-ring (bicyclic) bond motifs is 1. The van der Waals surface area contributed by atoms with Gasteiger partial charge in [0, 0.05) is 0 Å². The van der Waals surface area contributed by atoms with Crippen LogP contribution >= 0.6 is 0 Å². The predicted molar refractivity (Wildman–Crippen MR) is 80.2 cm³/mol. The van der Waals surface area contributed by atoms with E-state index in [2.05, 4.69) is 24.3 Å². The van der Waals surface area contributed by atoms with Gasteiger partial charge in [-0.25, -0.2) is 4.79 Å². The molecule has 0 bridgehead atoms. The number of aromatic carboxylic acids is 1. The van der Waals surface area contributed by atoms with Crippen molar-refractivity contribution < 1.29 is 9.90 Å². The second-order valence-electron chi connectivity index (χ2n) is 4.82. The SMILES string of the molecule is O=C(O)c1cccc(Cc2cccc3ccccc23)c1. The number of hydrogen-bond donors (Lipinski definition) is 1. The lowest BCUT2D eigenvalue weighted by molar-refractivity contribution is 0.0697. The quantitative estimate of drug-likeness (QED) is 0.770. The summed E-state index contributed by atoms with van der Waals surface area (Å²) in [6, 6.07) is 21.6. The number of carboxylic acid groups (broad SMARTS) is 1. The van der Waals surface area contributed by atoms with Gasteiger partial charge in [-0.15, -0.1) is 0 Å². The van der Waals surface area contributed by atoms with E-state index in [0.29, 0.717) is 5.56 Å². The fourth-order valence-electron chi connectivity index (χ4n) is 2.48. The average Bonchev–Trinajstić information content (AvgIpc) is 2.48. The summed E-state index contributed by atoms with van der Waals surface area (Å²) >= 11 is 0. The Kier molecular flexibility index (Phi) is 3.21. The molecule has 0 aromatic heterocycles. The van der Waals surface area contributed by atoms with Crippen LogP contribution in [0.2, 0.25) is 0 Å². The molecular formula is C18H14O2. The average molecular weight is 262 g/mol. The lowest BCUT2D eigenvalue weighted by atomic mass is 9.97. The fourth-order valence-corrected chi connectivity index (χ4v) is 2.48. The molecule has 1 N–H and O–H groups in total. The Morgan fingerprint density at radius 3 is 2.50 bits per heavy atom. The number of hydrogen-bond acceptors (Lipinski definition) is 1. The molecule has 3 aromatic carbocycles. The molecule has 0 radical (unpaired) electrons. The van der Waals surface area contributed by atoms with Crippen molar-refractivity contribution in [2.24, 2.45) is 0 Å². The van der Waals surface area contributed by atoms with Crippen molar-refractivity contribution in [1.82, 2.24) is 0 Å². The van der Waals surface area contributed by atoms with E-state index >= 15 is 0 Å². The molecule has 20 heavy (non-hydrogen) atoms. The maximum atomic E-state index is 11.0. The minimum atomic E-state index is -0.884. The third-order valence-electron chi connectivity index (χ3n) is 3.45. The van der Waals surface area contributed by atoms with Crippen molar-refractivity contribution >= 4 is 16.7 Å². The summed E-state index contributed by atoms with van der Waals surface area (Å²) in [6.45, 7) is 0. The summed E-state index contributed by atoms with van der Waals surface area (Å²) in [6.07, 6.45) is 0.739. The van der Waals surface area contributed by atoms with E-state index in [1.165, 1.54) is 16.3 Å². The highest BCUT2D eigenvalue weighted by molar-refractivity contribution is 5.88. The molecule has 0 amide bonds. The Balaban J connectivity index is 2.01. The predicted octanol–water partition coefficient (Wildman–Crippen LogP) is 4.13. The van der Waals surface area contributed by atoms with Gasteiger partial charge in [-0.2, -0.15) is 0 Å². The van der Waals surface area contributed by atoms with Crippen LogP contribution in [-0.4, -0.2) is 11.1 Å². The van der Waals surface area contributed by atoms with Crippen LogP contribution in [0.5, 0.6) is 0 Å². The highest BCUT2D eigenvalue weighted by Crippen LogP contribution is 2.21. The molecule has 2 nitrogen and oxygen atoms in total. The van der Waals surface area contributed by atoms with Gasteiger partial charge < -0.3 is 5.11 Å². The van der Waals surface area contributed by atoms with Gasteiger partial charge in [0.15, 0.2) is 0 Å². The van der Waals surface area contributed by atoms with Gasteiger partial charge >= 0.3 is 5.97 Å². The first-order chi connectivity index (χ1) is 9.74. The normalized spacial score (nSPS) is 10.6. The Labute approximate surface area is 117 Å². The lowest BCUT2D eigenvalue weighted by Crippen LogP contribution is -1.98. The Morgan fingerprint density at radius 2 is 1.65 bits per heavy atom. The summed E-state index contributed by atoms with van der Waals surface area (Å²) < 4.78 is 0. The second-order valence-corrected chi connectivity index (χ2v) is 4.82. The molecular weight excluding hydrogens is 248 g/mol. The molecule has 0 saturated heterocycles. The molecule has 0 atom stereocenters. The van der Waals surface area contributed by atoms with E-state index in [0.717, 1.165) is 12.0 Å². The second kappa shape index (κ2) is 5.17. The zero-order valence-corrected chi connectivity index (χ0v) is 10.9. The van der Waals surface area contributed by atoms with Crippen LogP contribution in [0.1, 0.15) is 21.5 Å². The highest BCUT2D eigenvalue weighted by atomic mass is 16.4. The molecule has 0 fully saturated rings. The maximum absolute atomic E-state index is 11.0. The van der Waals surface area contributed by atoms with Crippen molar-refractivity contribution in [2.45, 2.75) is 6.42 Å². The first-order valence-electron chi connectivity index (χ1n) is 6.53. The summed E-state index contributed by atoms with van der Waals surface area (Å²) in [5.41, 5.74) is 2.56. The van der Waals surface area contributed by atoms with E-state index in [-0.39, 0.29) is 0 Å². The summed E-state index contributed by atoms with van der Waals surface area (Å²) in [5.74, 6) is -0.884. The first-order valence-corrected chi connectivity index (χ1v) is 6.53. The van der Waals surface area contributed by atoms with E-state index < -0.39 is 5.97 Å². The number of carbonyl (C=O) groups is 1. The topological polar surface area (TPSA) is 37.3 Å². The van der Waals surface area contributed by atoms with E-state index in [1.54, 1.807) is 18.2 Å². The van der Waals surface area contributed by atoms with Gasteiger partial charge in [-0.1, -0.05) is 54.6 Å². The van der Waals surface area contributed by atoms with Crippen molar-refractivity contribution in [3.63, 3.8) is 0 Å². The smallest absolute Gasteiger partial charge is 0.335 e. The van der Waals surface area contributed by atoms with Gasteiger partial charge in [0.2, 0.25) is 0 Å². The van der Waals surface area contributed by atoms with E-state index in [9.17, 15) is 4.79 Å². The molecule has 0 aliphatic rings. The van der Waals surface area contributed by atoms with Crippen LogP contribution in [0, 0.1) is 0 Å². The Bertz CT molecular complexity index is 770. The van der Waals surface area contributed by atoms with Crippen molar-refractivity contribution in [1.29, 1.82) is 0 Å². The van der Waals surface area contributed by atoms with Gasteiger partial charge in [0.1, 0.15) is 0 Å². The van der Waals surface area contributed by atoms with Gasteiger partial charge in [-0.3, -0.25) is 0 Å². The van der Waals surface area contributed by atoms with Gasteiger partial charge in [0.25, 0.3) is 0 Å². The third-order valence-corrected chi connectivity index (χ3v) is 3.45. The molecule has 0 aliphatic heterocycles. The lowest BCUT2D eigenvalue weighted by Gasteiger charge is -2.07. The van der Waals surface area contributed by atoms with E-state index in [4.69, 9.17) is 5.11 Å². The first kappa shape index (κ1) is 12.4. The monoisotopic (exact) mass is 262 g/mol. The highest BCUT2D eigenvalue weighted by Gasteiger charge is 2.05. The van der Waals surface area contributed by atoms with Crippen LogP contribution in [0.15, 0.2) is 66.7 Å². The number of rotatable bonds is 3. The summed E-state index contributed by atoms with van der Waals surface area (Å²) in [7, 11) is 0. The third kappa shape index (κ3) is 2.41. The molecule has 0 heterocycles. The van der Waals surface area contributed by atoms with Crippen LogP contribution in [0.3, 0.4) is 0 Å². The van der Waals surface area contributed by atoms with Gasteiger partial charge in [-0.05, 0) is 40.5 Å². The zero-order valence-electron chi connectivity index (χ0n) is 10.9. The van der Waals surface area contributed by atoms with Crippen molar-refractivity contribution in [3.05, 3.63) is 83.4 Å². The molecule has 0 saturated carbocycles. The summed E-state index contributed by atoms with van der Waals surface area (Å²) in [5, 5.41) is 11.5. The molecule has 3 aromatic rings. The summed E-state index contributed by atoms with van der Waals surface area (Å²) in [4.78, 5) is 11.0. The maximum Gasteiger partial charge on any atom is 0.335 e. The Hall–Kier alpha value is -2.61. The largest absolute Gasteiger partial charge is 0.478 e. The van der Waals surface area contributed by atoms with Crippen LogP contribution in [-0.2, 0) is 6.42 Å². The number of carboxylic acids is 1. The zero-order chi connectivity index (χ0) is 13.9. The number of benzene rings is 3.